The van der Waals surface area contributed by atoms with Crippen molar-refractivity contribution in [1.82, 2.24) is 4.98 Å². The van der Waals surface area contributed by atoms with Crippen molar-refractivity contribution in [1.29, 1.82) is 0 Å². The minimum atomic E-state index is -0.153. The lowest BCUT2D eigenvalue weighted by Gasteiger charge is -2.09. The van der Waals surface area contributed by atoms with Gasteiger partial charge in [-0.3, -0.25) is 4.79 Å². The summed E-state index contributed by atoms with van der Waals surface area (Å²) in [5.41, 5.74) is 3.45. The molecular weight excluding hydrogens is 286 g/mol. The molecule has 2 aromatic carbocycles. The number of anilines is 3. The van der Waals surface area contributed by atoms with E-state index in [4.69, 9.17) is 0 Å². The average Bonchev–Trinajstić information content (AvgIpc) is 2.58. The number of carbonyl (C=O) groups excluding carboxylic acids is 1. The lowest BCUT2D eigenvalue weighted by molar-refractivity contribution is 0.102. The van der Waals surface area contributed by atoms with Crippen LogP contribution in [0.1, 0.15) is 15.9 Å². The Morgan fingerprint density at radius 3 is 2.30 bits per heavy atom. The molecule has 0 aliphatic carbocycles. The molecule has 1 aromatic heterocycles. The number of hydrogen-bond acceptors (Lipinski definition) is 3. The van der Waals surface area contributed by atoms with E-state index in [0.717, 1.165) is 16.9 Å². The highest BCUT2D eigenvalue weighted by Gasteiger charge is 2.08. The lowest BCUT2D eigenvalue weighted by atomic mass is 10.1. The number of aryl methyl sites for hydroxylation is 1. The van der Waals surface area contributed by atoms with Crippen molar-refractivity contribution in [2.24, 2.45) is 0 Å². The highest BCUT2D eigenvalue weighted by molar-refractivity contribution is 6.04. The monoisotopic (exact) mass is 303 g/mol. The molecule has 0 fully saturated rings. The molecule has 1 amide bonds. The van der Waals surface area contributed by atoms with Gasteiger partial charge in [0.15, 0.2) is 0 Å². The molecule has 3 aromatic rings. The molecule has 0 saturated carbocycles. The molecule has 114 valence electrons. The molecular formula is C19H17N3O. The Morgan fingerprint density at radius 1 is 0.870 bits per heavy atom. The van der Waals surface area contributed by atoms with E-state index < -0.39 is 0 Å². The maximum atomic E-state index is 12.2. The van der Waals surface area contributed by atoms with Gasteiger partial charge in [0.2, 0.25) is 0 Å². The molecule has 0 radical (unpaired) electrons. The van der Waals surface area contributed by atoms with Crippen molar-refractivity contribution in [3.8, 4) is 0 Å². The highest BCUT2D eigenvalue weighted by atomic mass is 16.1. The van der Waals surface area contributed by atoms with Crippen LogP contribution >= 0.6 is 0 Å². The Kier molecular flexibility index (Phi) is 4.34. The smallest absolute Gasteiger partial charge is 0.257 e. The van der Waals surface area contributed by atoms with Gasteiger partial charge in [-0.25, -0.2) is 4.98 Å². The van der Waals surface area contributed by atoms with Crippen LogP contribution in [0.5, 0.6) is 0 Å². The van der Waals surface area contributed by atoms with E-state index in [-0.39, 0.29) is 5.91 Å². The Balaban J connectivity index is 1.68. The summed E-state index contributed by atoms with van der Waals surface area (Å²) in [4.78, 5) is 16.5. The summed E-state index contributed by atoms with van der Waals surface area (Å²) >= 11 is 0. The first-order chi connectivity index (χ1) is 11.2. The van der Waals surface area contributed by atoms with Gasteiger partial charge in [-0.1, -0.05) is 36.4 Å². The zero-order valence-electron chi connectivity index (χ0n) is 12.8. The largest absolute Gasteiger partial charge is 0.354 e. The summed E-state index contributed by atoms with van der Waals surface area (Å²) < 4.78 is 0. The van der Waals surface area contributed by atoms with Crippen LogP contribution in [0, 0.1) is 6.92 Å². The fourth-order valence-electron chi connectivity index (χ4n) is 2.24. The zero-order chi connectivity index (χ0) is 16.1. The van der Waals surface area contributed by atoms with Crippen molar-refractivity contribution in [2.75, 3.05) is 10.6 Å². The van der Waals surface area contributed by atoms with Crippen molar-refractivity contribution in [3.05, 3.63) is 84.1 Å². The van der Waals surface area contributed by atoms with Gasteiger partial charge in [0.1, 0.15) is 5.82 Å². The molecule has 4 nitrogen and oxygen atoms in total. The van der Waals surface area contributed by atoms with Gasteiger partial charge in [-0.15, -0.1) is 0 Å². The summed E-state index contributed by atoms with van der Waals surface area (Å²) in [6, 6.07) is 21.0. The van der Waals surface area contributed by atoms with Gasteiger partial charge in [-0.2, -0.15) is 0 Å². The van der Waals surface area contributed by atoms with Gasteiger partial charge in [0.05, 0.1) is 11.9 Å². The summed E-state index contributed by atoms with van der Waals surface area (Å²) in [6.45, 7) is 1.91. The third-order valence-electron chi connectivity index (χ3n) is 3.46. The standard InChI is InChI=1S/C19H17N3O/c1-14-7-5-6-10-17(14)19(23)22-18-12-11-16(13-20-18)21-15-8-3-2-4-9-15/h2-13,21H,1H3,(H,20,22,23). The quantitative estimate of drug-likeness (QED) is 0.751. The molecule has 1 heterocycles. The van der Waals surface area contributed by atoms with Crippen LogP contribution in [0.25, 0.3) is 0 Å². The molecule has 0 bridgehead atoms. The number of hydrogen-bond donors (Lipinski definition) is 2. The number of amides is 1. The minimum Gasteiger partial charge on any atom is -0.354 e. The molecule has 0 aliphatic heterocycles. The Bertz CT molecular complexity index is 798. The number of nitrogens with one attached hydrogen (secondary N) is 2. The summed E-state index contributed by atoms with van der Waals surface area (Å²) in [6.07, 6.45) is 1.69. The number of nitrogens with zero attached hydrogens (tertiary/aromatic N) is 1. The van der Waals surface area contributed by atoms with Crippen LogP contribution < -0.4 is 10.6 Å². The van der Waals surface area contributed by atoms with E-state index in [9.17, 15) is 4.79 Å². The molecule has 0 saturated heterocycles. The summed E-state index contributed by atoms with van der Waals surface area (Å²) in [5, 5.41) is 6.06. The fraction of sp³-hybridized carbons (Fsp3) is 0.0526. The van der Waals surface area contributed by atoms with E-state index in [1.54, 1.807) is 18.3 Å². The Hall–Kier alpha value is -3.14. The molecule has 0 spiro atoms. The molecule has 0 aliphatic rings. The number of benzene rings is 2. The maximum absolute atomic E-state index is 12.2. The minimum absolute atomic E-state index is 0.153. The second-order valence-corrected chi connectivity index (χ2v) is 5.19. The van der Waals surface area contributed by atoms with Crippen LogP contribution in [0.3, 0.4) is 0 Å². The van der Waals surface area contributed by atoms with Gasteiger partial charge in [0.25, 0.3) is 5.91 Å². The van der Waals surface area contributed by atoms with E-state index >= 15 is 0 Å². The molecule has 0 unspecified atom stereocenters. The second kappa shape index (κ2) is 6.75. The van der Waals surface area contributed by atoms with Crippen LogP contribution in [0.2, 0.25) is 0 Å². The Morgan fingerprint density at radius 2 is 1.61 bits per heavy atom. The van der Waals surface area contributed by atoms with Gasteiger partial charge in [0, 0.05) is 11.3 Å². The van der Waals surface area contributed by atoms with Crippen molar-refractivity contribution in [2.45, 2.75) is 6.92 Å². The fourth-order valence-corrected chi connectivity index (χ4v) is 2.24. The molecule has 3 rings (SSSR count). The highest BCUT2D eigenvalue weighted by Crippen LogP contribution is 2.17. The number of para-hydroxylation sites is 1. The van der Waals surface area contributed by atoms with E-state index in [0.29, 0.717) is 11.4 Å². The van der Waals surface area contributed by atoms with E-state index in [2.05, 4.69) is 15.6 Å². The van der Waals surface area contributed by atoms with E-state index in [1.165, 1.54) is 0 Å². The average molecular weight is 303 g/mol. The maximum Gasteiger partial charge on any atom is 0.257 e. The molecule has 23 heavy (non-hydrogen) atoms. The first-order valence-electron chi connectivity index (χ1n) is 7.37. The number of carbonyl (C=O) groups is 1. The van der Waals surface area contributed by atoms with Gasteiger partial charge >= 0.3 is 0 Å². The Labute approximate surface area is 135 Å². The third kappa shape index (κ3) is 3.74. The number of aromatic nitrogens is 1. The van der Waals surface area contributed by atoms with Crippen molar-refractivity contribution in [3.63, 3.8) is 0 Å². The third-order valence-corrected chi connectivity index (χ3v) is 3.46. The van der Waals surface area contributed by atoms with Gasteiger partial charge < -0.3 is 10.6 Å². The first-order valence-corrected chi connectivity index (χ1v) is 7.37. The number of rotatable bonds is 4. The van der Waals surface area contributed by atoms with Crippen LogP contribution in [-0.4, -0.2) is 10.9 Å². The summed E-state index contributed by atoms with van der Waals surface area (Å²) in [5.74, 6) is 0.372. The summed E-state index contributed by atoms with van der Waals surface area (Å²) in [7, 11) is 0. The molecule has 4 heteroatoms. The molecule has 2 N–H and O–H groups in total. The first kappa shape index (κ1) is 14.8. The second-order valence-electron chi connectivity index (χ2n) is 5.19. The van der Waals surface area contributed by atoms with Gasteiger partial charge in [-0.05, 0) is 42.8 Å². The normalized spacial score (nSPS) is 10.1. The zero-order valence-corrected chi connectivity index (χ0v) is 12.8. The van der Waals surface area contributed by atoms with Crippen molar-refractivity contribution >= 4 is 23.1 Å². The van der Waals surface area contributed by atoms with Crippen LogP contribution in [0.4, 0.5) is 17.2 Å². The lowest BCUT2D eigenvalue weighted by Crippen LogP contribution is -2.14. The SMILES string of the molecule is Cc1ccccc1C(=O)Nc1ccc(Nc2ccccc2)cn1. The number of pyridine rings is 1. The predicted octanol–water partition coefficient (Wildman–Crippen LogP) is 4.39. The topological polar surface area (TPSA) is 54.0 Å². The van der Waals surface area contributed by atoms with Crippen molar-refractivity contribution < 1.29 is 4.79 Å². The van der Waals surface area contributed by atoms with Crippen LogP contribution in [-0.2, 0) is 0 Å². The van der Waals surface area contributed by atoms with E-state index in [1.807, 2.05) is 61.5 Å². The molecule has 0 atom stereocenters. The predicted molar refractivity (Wildman–Crippen MR) is 93.1 cm³/mol. The van der Waals surface area contributed by atoms with Crippen LogP contribution in [0.15, 0.2) is 72.9 Å².